The molecule has 0 aliphatic carbocycles. The zero-order valence-electron chi connectivity index (χ0n) is 13.9. The fourth-order valence-corrected chi connectivity index (χ4v) is 3.23. The third-order valence-corrected chi connectivity index (χ3v) is 4.56. The summed E-state index contributed by atoms with van der Waals surface area (Å²) < 4.78 is 3.55. The standard InChI is InChI=1S/C17H21N7O/c25-17(19-9-14-10-20-24-7-2-1-5-16(14)24)15-12-23(22-21-15)11-13-4-3-6-18-8-13/h1-2,5,7,10,12-13,18H,3-4,6,8-9,11H2,(H,19,25)/t13-/m0/s1. The van der Waals surface area contributed by atoms with Crippen molar-refractivity contribution in [2.45, 2.75) is 25.9 Å². The van der Waals surface area contributed by atoms with Gasteiger partial charge in [-0.2, -0.15) is 5.10 Å². The Kier molecular flexibility index (Phi) is 4.43. The molecule has 4 heterocycles. The minimum Gasteiger partial charge on any atom is -0.346 e. The molecule has 0 bridgehead atoms. The maximum Gasteiger partial charge on any atom is 0.273 e. The van der Waals surface area contributed by atoms with Gasteiger partial charge in [0.15, 0.2) is 5.69 Å². The van der Waals surface area contributed by atoms with Crippen LogP contribution in [0.5, 0.6) is 0 Å². The Bertz CT molecular complexity index is 863. The highest BCUT2D eigenvalue weighted by Gasteiger charge is 2.16. The van der Waals surface area contributed by atoms with E-state index in [1.54, 1.807) is 21.6 Å². The van der Waals surface area contributed by atoms with Gasteiger partial charge in [0.2, 0.25) is 0 Å². The Hall–Kier alpha value is -2.74. The summed E-state index contributed by atoms with van der Waals surface area (Å²) in [6.07, 6.45) is 7.74. The van der Waals surface area contributed by atoms with Crippen LogP contribution in [0.2, 0.25) is 0 Å². The molecule has 25 heavy (non-hydrogen) atoms. The first-order valence-electron chi connectivity index (χ1n) is 8.60. The highest BCUT2D eigenvalue weighted by atomic mass is 16.2. The number of aromatic nitrogens is 5. The van der Waals surface area contributed by atoms with Crippen molar-refractivity contribution in [1.29, 1.82) is 0 Å². The minimum absolute atomic E-state index is 0.219. The first-order valence-corrected chi connectivity index (χ1v) is 8.60. The van der Waals surface area contributed by atoms with E-state index in [1.165, 1.54) is 12.8 Å². The Morgan fingerprint density at radius 3 is 3.24 bits per heavy atom. The smallest absolute Gasteiger partial charge is 0.273 e. The molecular formula is C17H21N7O. The summed E-state index contributed by atoms with van der Waals surface area (Å²) in [5, 5.41) is 18.6. The van der Waals surface area contributed by atoms with Gasteiger partial charge in [-0.25, -0.2) is 4.52 Å². The van der Waals surface area contributed by atoms with Crippen LogP contribution in [0.25, 0.3) is 5.52 Å². The van der Waals surface area contributed by atoms with Crippen LogP contribution < -0.4 is 10.6 Å². The fourth-order valence-electron chi connectivity index (χ4n) is 3.23. The Labute approximate surface area is 145 Å². The van der Waals surface area contributed by atoms with Crippen molar-refractivity contribution in [3.63, 3.8) is 0 Å². The number of hydrogen-bond acceptors (Lipinski definition) is 5. The molecule has 2 N–H and O–H groups in total. The second kappa shape index (κ2) is 7.02. The number of pyridine rings is 1. The van der Waals surface area contributed by atoms with Gasteiger partial charge in [0.1, 0.15) is 0 Å². The molecule has 8 nitrogen and oxygen atoms in total. The van der Waals surface area contributed by atoms with E-state index < -0.39 is 0 Å². The molecule has 0 aromatic carbocycles. The molecule has 1 saturated heterocycles. The van der Waals surface area contributed by atoms with Gasteiger partial charge in [-0.15, -0.1) is 5.10 Å². The third kappa shape index (κ3) is 3.53. The molecule has 8 heteroatoms. The van der Waals surface area contributed by atoms with Crippen molar-refractivity contribution in [3.8, 4) is 0 Å². The topological polar surface area (TPSA) is 89.1 Å². The van der Waals surface area contributed by atoms with E-state index in [-0.39, 0.29) is 5.91 Å². The minimum atomic E-state index is -0.219. The summed E-state index contributed by atoms with van der Waals surface area (Å²) in [6, 6.07) is 5.85. The third-order valence-electron chi connectivity index (χ3n) is 4.56. The lowest BCUT2D eigenvalue weighted by Crippen LogP contribution is -2.32. The number of amides is 1. The number of carbonyl (C=O) groups excluding carboxylic acids is 1. The quantitative estimate of drug-likeness (QED) is 0.719. The summed E-state index contributed by atoms with van der Waals surface area (Å²) in [4.78, 5) is 12.3. The molecule has 1 fully saturated rings. The predicted octanol–water partition coefficient (Wildman–Crippen LogP) is 0.855. The summed E-state index contributed by atoms with van der Waals surface area (Å²) in [7, 11) is 0. The van der Waals surface area contributed by atoms with Gasteiger partial charge in [-0.3, -0.25) is 9.48 Å². The predicted molar refractivity (Wildman–Crippen MR) is 92.0 cm³/mol. The lowest BCUT2D eigenvalue weighted by atomic mass is 10.00. The zero-order valence-corrected chi connectivity index (χ0v) is 13.9. The molecule has 130 valence electrons. The molecule has 4 rings (SSSR count). The van der Waals surface area contributed by atoms with Gasteiger partial charge < -0.3 is 10.6 Å². The largest absolute Gasteiger partial charge is 0.346 e. The highest BCUT2D eigenvalue weighted by molar-refractivity contribution is 5.91. The Morgan fingerprint density at radius 1 is 1.40 bits per heavy atom. The summed E-state index contributed by atoms with van der Waals surface area (Å²) in [5.74, 6) is 0.327. The van der Waals surface area contributed by atoms with E-state index in [2.05, 4.69) is 26.0 Å². The van der Waals surface area contributed by atoms with Crippen LogP contribution in [0.4, 0.5) is 0 Å². The number of nitrogens with one attached hydrogen (secondary N) is 2. The average molecular weight is 339 g/mol. The summed E-state index contributed by atoms with van der Waals surface area (Å²) in [5.41, 5.74) is 2.30. The van der Waals surface area contributed by atoms with E-state index in [1.807, 2.05) is 24.4 Å². The molecule has 1 aliphatic rings. The SMILES string of the molecule is O=C(NCc1cnn2ccccc12)c1cn(C[C@H]2CCCNC2)nn1. The van der Waals surface area contributed by atoms with Crippen LogP contribution in [0.15, 0.2) is 36.8 Å². The molecule has 0 saturated carbocycles. The molecule has 0 radical (unpaired) electrons. The van der Waals surface area contributed by atoms with Gasteiger partial charge in [-0.05, 0) is 44.0 Å². The van der Waals surface area contributed by atoms with E-state index in [9.17, 15) is 4.79 Å². The summed E-state index contributed by atoms with van der Waals surface area (Å²) in [6.45, 7) is 3.29. The van der Waals surface area contributed by atoms with E-state index in [4.69, 9.17) is 0 Å². The van der Waals surface area contributed by atoms with Crippen LogP contribution in [0.3, 0.4) is 0 Å². The van der Waals surface area contributed by atoms with Crippen LogP contribution in [0, 0.1) is 5.92 Å². The molecule has 3 aromatic heterocycles. The molecule has 3 aromatic rings. The molecule has 1 amide bonds. The van der Waals surface area contributed by atoms with Crippen molar-refractivity contribution in [2.24, 2.45) is 5.92 Å². The number of hydrogen-bond donors (Lipinski definition) is 2. The fraction of sp³-hybridized carbons (Fsp3) is 0.412. The van der Waals surface area contributed by atoms with Crippen LogP contribution in [-0.4, -0.2) is 43.6 Å². The van der Waals surface area contributed by atoms with Crippen LogP contribution >= 0.6 is 0 Å². The summed E-state index contributed by atoms with van der Waals surface area (Å²) >= 11 is 0. The molecule has 1 atom stereocenters. The molecule has 0 spiro atoms. The average Bonchev–Trinajstić information content (AvgIpc) is 3.28. The van der Waals surface area contributed by atoms with Crippen LogP contribution in [0.1, 0.15) is 28.9 Å². The number of fused-ring (bicyclic) bond motifs is 1. The molecule has 0 unspecified atom stereocenters. The van der Waals surface area contributed by atoms with Crippen molar-refractivity contribution in [2.75, 3.05) is 13.1 Å². The lowest BCUT2D eigenvalue weighted by molar-refractivity contribution is 0.0946. The monoisotopic (exact) mass is 339 g/mol. The van der Waals surface area contributed by atoms with Gasteiger partial charge in [0.05, 0.1) is 17.9 Å². The van der Waals surface area contributed by atoms with Gasteiger partial charge >= 0.3 is 0 Å². The number of piperidine rings is 1. The van der Waals surface area contributed by atoms with Gasteiger partial charge in [0, 0.05) is 24.8 Å². The Balaban J connectivity index is 1.36. The van der Waals surface area contributed by atoms with Crippen molar-refractivity contribution in [3.05, 3.63) is 48.0 Å². The molecular weight excluding hydrogens is 318 g/mol. The molecule has 1 aliphatic heterocycles. The van der Waals surface area contributed by atoms with Crippen molar-refractivity contribution < 1.29 is 4.79 Å². The second-order valence-corrected chi connectivity index (χ2v) is 6.42. The number of nitrogens with zero attached hydrogens (tertiary/aromatic N) is 5. The van der Waals surface area contributed by atoms with Crippen LogP contribution in [-0.2, 0) is 13.1 Å². The highest BCUT2D eigenvalue weighted by Crippen LogP contribution is 2.12. The van der Waals surface area contributed by atoms with Gasteiger partial charge in [0.25, 0.3) is 5.91 Å². The Morgan fingerprint density at radius 2 is 2.36 bits per heavy atom. The van der Waals surface area contributed by atoms with Gasteiger partial charge in [-0.1, -0.05) is 11.3 Å². The van der Waals surface area contributed by atoms with E-state index in [0.717, 1.165) is 30.7 Å². The lowest BCUT2D eigenvalue weighted by Gasteiger charge is -2.22. The first-order chi connectivity index (χ1) is 12.3. The first kappa shape index (κ1) is 15.8. The second-order valence-electron chi connectivity index (χ2n) is 6.42. The maximum atomic E-state index is 12.3. The maximum absolute atomic E-state index is 12.3. The number of carbonyl (C=O) groups is 1. The number of rotatable bonds is 5. The van der Waals surface area contributed by atoms with Crippen molar-refractivity contribution >= 4 is 11.4 Å². The van der Waals surface area contributed by atoms with E-state index in [0.29, 0.717) is 18.2 Å². The normalized spacial score (nSPS) is 17.7. The van der Waals surface area contributed by atoms with E-state index >= 15 is 0 Å². The van der Waals surface area contributed by atoms with Crippen molar-refractivity contribution in [1.82, 2.24) is 35.2 Å². The zero-order chi connectivity index (χ0) is 17.1.